The highest BCUT2D eigenvalue weighted by Gasteiger charge is 2.21. The van der Waals surface area contributed by atoms with E-state index in [-0.39, 0.29) is 24.7 Å². The van der Waals surface area contributed by atoms with Crippen LogP contribution in [0.25, 0.3) is 0 Å². The van der Waals surface area contributed by atoms with Crippen LogP contribution in [-0.2, 0) is 9.59 Å². The Kier molecular flexibility index (Phi) is 7.23. The standard InChI is InChI=1S/C17H23NO6/c1-11(17(21)22)18(3)16(20)6-5-9-24-14-8-7-13(12(2)19)10-15(14)23-4/h7-8,10-11H,5-6,9H2,1-4H3,(H,21,22). The Morgan fingerprint density at radius 2 is 1.92 bits per heavy atom. The van der Waals surface area contributed by atoms with Crippen molar-refractivity contribution in [2.75, 3.05) is 20.8 Å². The number of Topliss-reactive ketones (excluding diaryl/α,β-unsaturated/α-hetero) is 1. The second-order valence-electron chi connectivity index (χ2n) is 5.39. The maximum Gasteiger partial charge on any atom is 0.326 e. The molecule has 1 amide bonds. The molecule has 0 aliphatic rings. The number of ketones is 1. The van der Waals surface area contributed by atoms with E-state index in [0.717, 1.165) is 0 Å². The number of hydrogen-bond donors (Lipinski definition) is 1. The second-order valence-corrected chi connectivity index (χ2v) is 5.39. The molecule has 0 saturated carbocycles. The van der Waals surface area contributed by atoms with E-state index in [1.807, 2.05) is 0 Å². The number of aliphatic carboxylic acids is 1. The number of hydrogen-bond acceptors (Lipinski definition) is 5. The van der Waals surface area contributed by atoms with Crippen LogP contribution in [0.5, 0.6) is 11.5 Å². The number of ether oxygens (including phenoxy) is 2. The summed E-state index contributed by atoms with van der Waals surface area (Å²) in [4.78, 5) is 35.3. The molecular weight excluding hydrogens is 314 g/mol. The van der Waals surface area contributed by atoms with Crippen molar-refractivity contribution in [3.63, 3.8) is 0 Å². The lowest BCUT2D eigenvalue weighted by molar-refractivity contribution is -0.148. The summed E-state index contributed by atoms with van der Waals surface area (Å²) in [7, 11) is 2.95. The molecule has 7 nitrogen and oxygen atoms in total. The molecule has 0 radical (unpaired) electrons. The number of carboxylic acid groups (broad SMARTS) is 1. The SMILES string of the molecule is COc1cc(C(C)=O)ccc1OCCCC(=O)N(C)C(C)C(=O)O. The molecule has 0 heterocycles. The number of rotatable bonds is 9. The van der Waals surface area contributed by atoms with Crippen molar-refractivity contribution in [2.24, 2.45) is 0 Å². The van der Waals surface area contributed by atoms with Gasteiger partial charge in [0.15, 0.2) is 17.3 Å². The average Bonchev–Trinajstić information content (AvgIpc) is 2.56. The van der Waals surface area contributed by atoms with Gasteiger partial charge in [-0.05, 0) is 38.5 Å². The van der Waals surface area contributed by atoms with Crippen LogP contribution in [0.3, 0.4) is 0 Å². The fraction of sp³-hybridized carbons (Fsp3) is 0.471. The first kappa shape index (κ1) is 19.5. The minimum Gasteiger partial charge on any atom is -0.493 e. The minimum absolute atomic E-state index is 0.0685. The third-order valence-corrected chi connectivity index (χ3v) is 3.69. The molecule has 24 heavy (non-hydrogen) atoms. The van der Waals surface area contributed by atoms with Gasteiger partial charge in [-0.15, -0.1) is 0 Å². The number of amides is 1. The molecule has 1 aromatic rings. The van der Waals surface area contributed by atoms with E-state index in [1.54, 1.807) is 18.2 Å². The topological polar surface area (TPSA) is 93.1 Å². The molecule has 1 atom stereocenters. The largest absolute Gasteiger partial charge is 0.493 e. The summed E-state index contributed by atoms with van der Waals surface area (Å²) >= 11 is 0. The third-order valence-electron chi connectivity index (χ3n) is 3.69. The number of likely N-dealkylation sites (N-methyl/N-ethyl adjacent to an activating group) is 1. The zero-order valence-electron chi connectivity index (χ0n) is 14.4. The van der Waals surface area contributed by atoms with Crippen LogP contribution in [0, 0.1) is 0 Å². The van der Waals surface area contributed by atoms with Gasteiger partial charge in [0.1, 0.15) is 6.04 Å². The summed E-state index contributed by atoms with van der Waals surface area (Å²) in [6.07, 6.45) is 0.620. The van der Waals surface area contributed by atoms with Gasteiger partial charge in [0, 0.05) is 19.0 Å². The van der Waals surface area contributed by atoms with Crippen molar-refractivity contribution in [2.45, 2.75) is 32.7 Å². The average molecular weight is 337 g/mol. The molecule has 1 unspecified atom stereocenters. The first-order valence-corrected chi connectivity index (χ1v) is 7.58. The Morgan fingerprint density at radius 3 is 2.46 bits per heavy atom. The minimum atomic E-state index is -1.04. The summed E-state index contributed by atoms with van der Waals surface area (Å²) in [5, 5.41) is 8.88. The van der Waals surface area contributed by atoms with Crippen molar-refractivity contribution >= 4 is 17.7 Å². The Bertz CT molecular complexity index is 613. The molecule has 1 N–H and O–H groups in total. The Balaban J connectivity index is 2.52. The lowest BCUT2D eigenvalue weighted by Gasteiger charge is -2.21. The van der Waals surface area contributed by atoms with Crippen molar-refractivity contribution < 1.29 is 29.0 Å². The smallest absolute Gasteiger partial charge is 0.326 e. The lowest BCUT2D eigenvalue weighted by Crippen LogP contribution is -2.40. The summed E-state index contributed by atoms with van der Waals surface area (Å²) in [5.74, 6) is -0.432. The van der Waals surface area contributed by atoms with E-state index in [9.17, 15) is 14.4 Å². The van der Waals surface area contributed by atoms with Crippen LogP contribution in [0.2, 0.25) is 0 Å². The molecule has 0 saturated heterocycles. The number of carbonyl (C=O) groups excluding carboxylic acids is 2. The maximum atomic E-state index is 11.9. The van der Waals surface area contributed by atoms with Gasteiger partial charge in [-0.2, -0.15) is 0 Å². The van der Waals surface area contributed by atoms with Crippen LogP contribution in [0.4, 0.5) is 0 Å². The molecule has 1 aromatic carbocycles. The van der Waals surface area contributed by atoms with Crippen LogP contribution in [0.1, 0.15) is 37.0 Å². The molecule has 0 aliphatic heterocycles. The van der Waals surface area contributed by atoms with Crippen LogP contribution >= 0.6 is 0 Å². The molecule has 7 heteroatoms. The zero-order valence-corrected chi connectivity index (χ0v) is 14.4. The van der Waals surface area contributed by atoms with Crippen molar-refractivity contribution in [3.8, 4) is 11.5 Å². The van der Waals surface area contributed by atoms with Gasteiger partial charge in [-0.25, -0.2) is 4.79 Å². The Labute approximate surface area is 141 Å². The van der Waals surface area contributed by atoms with E-state index in [2.05, 4.69) is 0 Å². The summed E-state index contributed by atoms with van der Waals surface area (Å²) < 4.78 is 10.8. The summed E-state index contributed by atoms with van der Waals surface area (Å²) in [5.41, 5.74) is 0.527. The van der Waals surface area contributed by atoms with Crippen LogP contribution in [-0.4, -0.2) is 54.5 Å². The first-order valence-electron chi connectivity index (χ1n) is 7.58. The van der Waals surface area contributed by atoms with E-state index in [1.165, 1.54) is 32.9 Å². The molecule has 0 spiro atoms. The summed E-state index contributed by atoms with van der Waals surface area (Å²) in [6, 6.07) is 4.03. The first-order chi connectivity index (χ1) is 11.3. The number of carboxylic acids is 1. The van der Waals surface area contributed by atoms with E-state index in [0.29, 0.717) is 23.5 Å². The van der Waals surface area contributed by atoms with E-state index >= 15 is 0 Å². The van der Waals surface area contributed by atoms with Crippen LogP contribution < -0.4 is 9.47 Å². The Hall–Kier alpha value is -2.57. The van der Waals surface area contributed by atoms with Gasteiger partial charge < -0.3 is 19.5 Å². The van der Waals surface area contributed by atoms with Gasteiger partial charge in [0.2, 0.25) is 5.91 Å². The fourth-order valence-corrected chi connectivity index (χ4v) is 1.97. The van der Waals surface area contributed by atoms with Gasteiger partial charge in [-0.1, -0.05) is 0 Å². The molecule has 1 rings (SSSR count). The molecule has 0 bridgehead atoms. The quantitative estimate of drug-likeness (QED) is 0.547. The fourth-order valence-electron chi connectivity index (χ4n) is 1.97. The van der Waals surface area contributed by atoms with E-state index in [4.69, 9.17) is 14.6 Å². The molecule has 0 aliphatic carbocycles. The molecule has 132 valence electrons. The predicted molar refractivity (Wildman–Crippen MR) is 87.6 cm³/mol. The van der Waals surface area contributed by atoms with Crippen molar-refractivity contribution in [1.82, 2.24) is 4.90 Å². The highest BCUT2D eigenvalue weighted by molar-refractivity contribution is 5.94. The second kappa shape index (κ2) is 8.90. The van der Waals surface area contributed by atoms with Crippen LogP contribution in [0.15, 0.2) is 18.2 Å². The summed E-state index contributed by atoms with van der Waals surface area (Å²) in [6.45, 7) is 3.20. The normalized spacial score (nSPS) is 11.5. The molecular formula is C17H23NO6. The monoisotopic (exact) mass is 337 g/mol. The van der Waals surface area contributed by atoms with Crippen molar-refractivity contribution in [1.29, 1.82) is 0 Å². The number of methoxy groups -OCH3 is 1. The highest BCUT2D eigenvalue weighted by atomic mass is 16.5. The molecule has 0 aromatic heterocycles. The zero-order chi connectivity index (χ0) is 18.3. The van der Waals surface area contributed by atoms with Gasteiger partial charge >= 0.3 is 5.97 Å². The third kappa shape index (κ3) is 5.26. The van der Waals surface area contributed by atoms with Crippen molar-refractivity contribution in [3.05, 3.63) is 23.8 Å². The predicted octanol–water partition coefficient (Wildman–Crippen LogP) is 1.99. The lowest BCUT2D eigenvalue weighted by atomic mass is 10.1. The maximum absolute atomic E-state index is 11.9. The number of benzene rings is 1. The van der Waals surface area contributed by atoms with Gasteiger partial charge in [0.25, 0.3) is 0 Å². The van der Waals surface area contributed by atoms with Gasteiger partial charge in [0.05, 0.1) is 13.7 Å². The van der Waals surface area contributed by atoms with E-state index < -0.39 is 12.0 Å². The van der Waals surface area contributed by atoms with Gasteiger partial charge in [-0.3, -0.25) is 9.59 Å². The number of nitrogens with zero attached hydrogens (tertiary/aromatic N) is 1. The number of carbonyl (C=O) groups is 3. The highest BCUT2D eigenvalue weighted by Crippen LogP contribution is 2.28. The molecule has 0 fully saturated rings. The Morgan fingerprint density at radius 1 is 1.25 bits per heavy atom.